The molecule has 3 aliphatic rings. The number of nitrogens with one attached hydrogen (secondary N) is 1. The van der Waals surface area contributed by atoms with Crippen LogP contribution in [0.2, 0.25) is 0 Å². The highest BCUT2D eigenvalue weighted by molar-refractivity contribution is 6.30. The Balaban J connectivity index is 1.72. The first kappa shape index (κ1) is 24.6. The van der Waals surface area contributed by atoms with Gasteiger partial charge in [0, 0.05) is 16.5 Å². The summed E-state index contributed by atoms with van der Waals surface area (Å²) in [5.41, 5.74) is 8.48. The van der Waals surface area contributed by atoms with Crippen molar-refractivity contribution in [3.63, 3.8) is 0 Å². The minimum atomic E-state index is -0.209. The van der Waals surface area contributed by atoms with Crippen LogP contribution in [0.4, 0.5) is 5.69 Å². The Morgan fingerprint density at radius 2 is 1.68 bits per heavy atom. The topological polar surface area (TPSA) is 63.2 Å². The summed E-state index contributed by atoms with van der Waals surface area (Å²) >= 11 is 0. The lowest BCUT2D eigenvalue weighted by molar-refractivity contribution is 0.481. The predicted molar refractivity (Wildman–Crippen MR) is 156 cm³/mol. The third-order valence-electron chi connectivity index (χ3n) is 9.27. The van der Waals surface area contributed by atoms with Crippen molar-refractivity contribution in [1.29, 1.82) is 10.7 Å². The number of hydrogen-bond acceptors (Lipinski definition) is 3. The van der Waals surface area contributed by atoms with Gasteiger partial charge >= 0.3 is 0 Å². The van der Waals surface area contributed by atoms with Gasteiger partial charge in [0.05, 0.1) is 22.9 Å². The molecule has 1 unspecified atom stereocenters. The molecule has 3 aromatic carbocycles. The molecule has 1 aliphatic carbocycles. The van der Waals surface area contributed by atoms with Gasteiger partial charge in [-0.1, -0.05) is 77.1 Å². The highest BCUT2D eigenvalue weighted by Gasteiger charge is 2.69. The van der Waals surface area contributed by atoms with Crippen LogP contribution in [0.25, 0.3) is 0 Å². The van der Waals surface area contributed by atoms with Gasteiger partial charge < -0.3 is 0 Å². The SMILES string of the molecule is CCC12C[C@@]13CCc1ccccc1C(=N)N(c1c(C(C)C)cccc1C(C)C)C(=N3)c1ccc(C#N)cc12. The van der Waals surface area contributed by atoms with Crippen LogP contribution in [-0.4, -0.2) is 17.2 Å². The first-order chi connectivity index (χ1) is 18.3. The molecular formula is C34H36N4. The maximum absolute atomic E-state index is 9.80. The first-order valence-electron chi connectivity index (χ1n) is 14.0. The van der Waals surface area contributed by atoms with Crippen LogP contribution in [0, 0.1) is 16.7 Å². The quantitative estimate of drug-likeness (QED) is 0.397. The summed E-state index contributed by atoms with van der Waals surface area (Å²) in [5, 5.41) is 19.6. The van der Waals surface area contributed by atoms with E-state index in [0.29, 0.717) is 11.4 Å². The maximum Gasteiger partial charge on any atom is 0.142 e. The van der Waals surface area contributed by atoms with Gasteiger partial charge in [0.1, 0.15) is 11.7 Å². The van der Waals surface area contributed by atoms with E-state index in [9.17, 15) is 10.7 Å². The monoisotopic (exact) mass is 500 g/mol. The summed E-state index contributed by atoms with van der Waals surface area (Å²) in [6.45, 7) is 11.2. The van der Waals surface area contributed by atoms with Crippen LogP contribution in [0.3, 0.4) is 0 Å². The number of hydrogen-bond donors (Lipinski definition) is 1. The molecule has 38 heavy (non-hydrogen) atoms. The van der Waals surface area contributed by atoms with Crippen molar-refractivity contribution in [3.05, 3.63) is 99.6 Å². The molecule has 2 aliphatic heterocycles. The van der Waals surface area contributed by atoms with Crippen LogP contribution in [0.1, 0.15) is 105 Å². The van der Waals surface area contributed by atoms with Gasteiger partial charge in [-0.3, -0.25) is 15.3 Å². The summed E-state index contributed by atoms with van der Waals surface area (Å²) in [6.07, 6.45) is 3.82. The number of aliphatic imine (C=N–C) groups is 1. The van der Waals surface area contributed by atoms with Crippen LogP contribution < -0.4 is 4.90 Å². The number of amidine groups is 2. The molecule has 4 heteroatoms. The fourth-order valence-corrected chi connectivity index (χ4v) is 7.14. The van der Waals surface area contributed by atoms with E-state index in [0.717, 1.165) is 48.3 Å². The summed E-state index contributed by atoms with van der Waals surface area (Å²) in [7, 11) is 0. The second-order valence-corrected chi connectivity index (χ2v) is 11.9. The molecule has 2 heterocycles. The van der Waals surface area contributed by atoms with Crippen molar-refractivity contribution in [2.24, 2.45) is 4.99 Å². The van der Waals surface area contributed by atoms with Crippen molar-refractivity contribution in [2.45, 2.75) is 83.1 Å². The smallest absolute Gasteiger partial charge is 0.142 e. The van der Waals surface area contributed by atoms with Crippen LogP contribution in [0.15, 0.2) is 65.7 Å². The van der Waals surface area contributed by atoms with Crippen LogP contribution in [0.5, 0.6) is 0 Å². The third kappa shape index (κ3) is 3.34. The highest BCUT2D eigenvalue weighted by atomic mass is 15.3. The molecule has 1 saturated carbocycles. The second kappa shape index (κ2) is 8.67. The normalized spacial score (nSPS) is 23.5. The van der Waals surface area contributed by atoms with Crippen molar-refractivity contribution in [3.8, 4) is 6.07 Å². The molecule has 3 aromatic rings. The average Bonchev–Trinajstić information content (AvgIpc) is 3.60. The number of anilines is 1. The van der Waals surface area contributed by atoms with Gasteiger partial charge in [0.25, 0.3) is 0 Å². The maximum atomic E-state index is 9.80. The number of aryl methyl sites for hydroxylation is 1. The molecule has 192 valence electrons. The number of rotatable bonds is 4. The number of nitrogens with zero attached hydrogens (tertiary/aromatic N) is 3. The first-order valence-corrected chi connectivity index (χ1v) is 14.0. The average molecular weight is 501 g/mol. The summed E-state index contributed by atoms with van der Waals surface area (Å²) in [4.78, 5) is 7.82. The van der Waals surface area contributed by atoms with E-state index in [1.165, 1.54) is 22.3 Å². The molecule has 1 N–H and O–H groups in total. The lowest BCUT2D eigenvalue weighted by Gasteiger charge is -2.37. The number of benzene rings is 3. The Bertz CT molecular complexity index is 1510. The Morgan fingerprint density at radius 1 is 0.974 bits per heavy atom. The zero-order valence-electron chi connectivity index (χ0n) is 23.1. The Labute approximate surface area is 226 Å². The molecule has 0 aromatic heterocycles. The third-order valence-corrected chi connectivity index (χ3v) is 9.27. The molecule has 0 radical (unpaired) electrons. The number of nitriles is 1. The summed E-state index contributed by atoms with van der Waals surface area (Å²) in [6, 6.07) is 23.5. The van der Waals surface area contributed by atoms with Crippen molar-refractivity contribution < 1.29 is 0 Å². The molecule has 0 saturated heterocycles. The van der Waals surface area contributed by atoms with E-state index in [2.05, 4.69) is 94.1 Å². The fraction of sp³-hybridized carbons (Fsp3) is 0.382. The van der Waals surface area contributed by atoms with Gasteiger partial charge in [0.2, 0.25) is 0 Å². The van der Waals surface area contributed by atoms with E-state index in [1.807, 2.05) is 12.1 Å². The van der Waals surface area contributed by atoms with E-state index in [4.69, 9.17) is 4.99 Å². The minimum Gasteiger partial charge on any atom is -0.283 e. The standard InChI is InChI=1S/C34H36N4/c1-6-33-20-34(33)17-16-24-10-7-8-11-27(24)31(36)38(30-25(21(2)3)12-9-13-26(30)22(4)5)32(37-34)28-15-14-23(19-35)18-29(28)33/h7-15,18,21-22,36H,6,16-17,20H2,1-5H3/t33?,34-/m0/s1. The van der Waals surface area contributed by atoms with Gasteiger partial charge in [0.15, 0.2) is 0 Å². The molecule has 1 fully saturated rings. The molecule has 1 spiro atoms. The van der Waals surface area contributed by atoms with Gasteiger partial charge in [-0.2, -0.15) is 5.26 Å². The molecule has 2 atom stereocenters. The molecule has 2 bridgehead atoms. The highest BCUT2D eigenvalue weighted by Crippen LogP contribution is 2.67. The largest absolute Gasteiger partial charge is 0.283 e. The van der Waals surface area contributed by atoms with E-state index >= 15 is 0 Å². The lowest BCUT2D eigenvalue weighted by Crippen LogP contribution is -2.43. The minimum absolute atomic E-state index is 0.0513. The molecule has 0 amide bonds. The Morgan fingerprint density at radius 3 is 2.34 bits per heavy atom. The number of fused-ring (bicyclic) bond motifs is 4. The molecule has 4 nitrogen and oxygen atoms in total. The summed E-state index contributed by atoms with van der Waals surface area (Å²) in [5.74, 6) is 1.91. The molecule has 6 rings (SSSR count). The van der Waals surface area contributed by atoms with E-state index in [-0.39, 0.29) is 22.8 Å². The van der Waals surface area contributed by atoms with Crippen molar-refractivity contribution >= 4 is 17.4 Å². The zero-order valence-corrected chi connectivity index (χ0v) is 23.1. The van der Waals surface area contributed by atoms with Gasteiger partial charge in [-0.05, 0) is 78.0 Å². The Kier molecular flexibility index (Phi) is 5.61. The molecular weight excluding hydrogens is 464 g/mol. The number of para-hydroxylation sites is 1. The predicted octanol–water partition coefficient (Wildman–Crippen LogP) is 7.83. The second-order valence-electron chi connectivity index (χ2n) is 11.9. The Hall–Kier alpha value is -3.71. The van der Waals surface area contributed by atoms with E-state index < -0.39 is 0 Å². The summed E-state index contributed by atoms with van der Waals surface area (Å²) < 4.78 is 0. The van der Waals surface area contributed by atoms with Crippen molar-refractivity contribution in [1.82, 2.24) is 0 Å². The van der Waals surface area contributed by atoms with Gasteiger partial charge in [-0.25, -0.2) is 0 Å². The van der Waals surface area contributed by atoms with Crippen LogP contribution >= 0.6 is 0 Å². The van der Waals surface area contributed by atoms with Crippen molar-refractivity contribution in [2.75, 3.05) is 4.90 Å². The van der Waals surface area contributed by atoms with E-state index in [1.54, 1.807) is 0 Å². The van der Waals surface area contributed by atoms with Crippen LogP contribution in [-0.2, 0) is 11.8 Å². The zero-order chi connectivity index (χ0) is 26.8. The lowest BCUT2D eigenvalue weighted by atomic mass is 9.80. The fourth-order valence-electron chi connectivity index (χ4n) is 7.14. The van der Waals surface area contributed by atoms with Gasteiger partial charge in [-0.15, -0.1) is 0 Å².